The van der Waals surface area contributed by atoms with Crippen LogP contribution in [0.1, 0.15) is 32.3 Å². The normalized spacial score (nSPS) is 20.1. The molecule has 0 aliphatic carbocycles. The van der Waals surface area contributed by atoms with Gasteiger partial charge in [-0.25, -0.2) is 8.42 Å². The van der Waals surface area contributed by atoms with Gasteiger partial charge in [0.15, 0.2) is 0 Å². The van der Waals surface area contributed by atoms with E-state index in [2.05, 4.69) is 5.32 Å². The summed E-state index contributed by atoms with van der Waals surface area (Å²) < 4.78 is 27.1. The van der Waals surface area contributed by atoms with Crippen LogP contribution in [0.3, 0.4) is 0 Å². The summed E-state index contributed by atoms with van der Waals surface area (Å²) >= 11 is 0. The summed E-state index contributed by atoms with van der Waals surface area (Å²) in [6.07, 6.45) is 2.07. The summed E-state index contributed by atoms with van der Waals surface area (Å²) in [5, 5.41) is 3.29. The predicted molar refractivity (Wildman–Crippen MR) is 86.5 cm³/mol. The number of sulfonamides is 1. The number of rotatable bonds is 6. The molecule has 0 saturated carbocycles. The van der Waals surface area contributed by atoms with Crippen LogP contribution in [0.15, 0.2) is 30.3 Å². The fourth-order valence-electron chi connectivity index (χ4n) is 2.83. The standard InChI is InChI=1S/C16H26N2O2S/c1-14(2)18(12-15-7-4-3-5-8-15)21(19,20)13-16-9-6-10-17-11-16/h3-5,7-8,14,16-17H,6,9-13H2,1-2H3. The zero-order chi connectivity index (χ0) is 15.3. The van der Waals surface area contributed by atoms with Crippen LogP contribution in [0, 0.1) is 5.92 Å². The molecule has 1 atom stereocenters. The number of piperidine rings is 1. The maximum Gasteiger partial charge on any atom is 0.214 e. The highest BCUT2D eigenvalue weighted by Crippen LogP contribution is 2.19. The van der Waals surface area contributed by atoms with Gasteiger partial charge in [0.05, 0.1) is 5.75 Å². The van der Waals surface area contributed by atoms with Gasteiger partial charge in [-0.05, 0) is 51.3 Å². The quantitative estimate of drug-likeness (QED) is 0.876. The number of hydrogen-bond donors (Lipinski definition) is 1. The van der Waals surface area contributed by atoms with Crippen molar-refractivity contribution >= 4 is 10.0 Å². The van der Waals surface area contributed by atoms with E-state index >= 15 is 0 Å². The third-order valence-electron chi connectivity index (χ3n) is 3.96. The van der Waals surface area contributed by atoms with E-state index in [1.165, 1.54) is 0 Å². The van der Waals surface area contributed by atoms with Gasteiger partial charge in [-0.15, -0.1) is 0 Å². The summed E-state index contributed by atoms with van der Waals surface area (Å²) in [4.78, 5) is 0. The third kappa shape index (κ3) is 4.80. The average Bonchev–Trinajstić information content (AvgIpc) is 2.46. The first-order valence-corrected chi connectivity index (χ1v) is 9.34. The number of benzene rings is 1. The van der Waals surface area contributed by atoms with E-state index in [4.69, 9.17) is 0 Å². The number of hydrogen-bond acceptors (Lipinski definition) is 3. The molecule has 1 heterocycles. The fraction of sp³-hybridized carbons (Fsp3) is 0.625. The van der Waals surface area contributed by atoms with E-state index in [0.717, 1.165) is 31.5 Å². The molecule has 0 radical (unpaired) electrons. The molecule has 0 aromatic heterocycles. The Morgan fingerprint density at radius 1 is 1.29 bits per heavy atom. The van der Waals surface area contributed by atoms with Crippen LogP contribution in [0.2, 0.25) is 0 Å². The Morgan fingerprint density at radius 3 is 2.57 bits per heavy atom. The molecular formula is C16H26N2O2S. The Morgan fingerprint density at radius 2 is 2.00 bits per heavy atom. The van der Waals surface area contributed by atoms with Crippen molar-refractivity contribution in [1.82, 2.24) is 9.62 Å². The van der Waals surface area contributed by atoms with Crippen molar-refractivity contribution in [2.24, 2.45) is 5.92 Å². The van der Waals surface area contributed by atoms with E-state index in [1.807, 2.05) is 44.2 Å². The number of nitrogens with zero attached hydrogens (tertiary/aromatic N) is 1. The molecule has 1 aromatic carbocycles. The van der Waals surface area contributed by atoms with E-state index in [1.54, 1.807) is 4.31 Å². The monoisotopic (exact) mass is 310 g/mol. The third-order valence-corrected chi connectivity index (χ3v) is 6.12. The van der Waals surface area contributed by atoms with Crippen molar-refractivity contribution in [2.75, 3.05) is 18.8 Å². The average molecular weight is 310 g/mol. The highest BCUT2D eigenvalue weighted by molar-refractivity contribution is 7.89. The Kier molecular flexibility index (Phi) is 5.79. The molecule has 0 bridgehead atoms. The Hall–Kier alpha value is -0.910. The van der Waals surface area contributed by atoms with Crippen molar-refractivity contribution in [3.05, 3.63) is 35.9 Å². The molecule has 21 heavy (non-hydrogen) atoms. The highest BCUT2D eigenvalue weighted by atomic mass is 32.2. The van der Waals surface area contributed by atoms with E-state index in [9.17, 15) is 8.42 Å². The lowest BCUT2D eigenvalue weighted by Gasteiger charge is -2.29. The van der Waals surface area contributed by atoms with E-state index in [0.29, 0.717) is 6.54 Å². The van der Waals surface area contributed by atoms with Gasteiger partial charge in [0.25, 0.3) is 0 Å². The van der Waals surface area contributed by atoms with Crippen LogP contribution in [-0.4, -0.2) is 37.6 Å². The lowest BCUT2D eigenvalue weighted by molar-refractivity contribution is 0.336. The molecule has 118 valence electrons. The molecule has 2 rings (SSSR count). The summed E-state index contributed by atoms with van der Waals surface area (Å²) in [5.41, 5.74) is 1.04. The second-order valence-electron chi connectivity index (χ2n) is 6.12. The first kappa shape index (κ1) is 16.5. The van der Waals surface area contributed by atoms with Crippen LogP contribution >= 0.6 is 0 Å². The van der Waals surface area contributed by atoms with Gasteiger partial charge in [-0.3, -0.25) is 0 Å². The Labute approximate surface area is 128 Å². The molecule has 1 aromatic rings. The summed E-state index contributed by atoms with van der Waals surface area (Å²) in [5.74, 6) is 0.492. The van der Waals surface area contributed by atoms with Crippen molar-refractivity contribution in [2.45, 2.75) is 39.3 Å². The largest absolute Gasteiger partial charge is 0.316 e. The smallest absolute Gasteiger partial charge is 0.214 e. The summed E-state index contributed by atoms with van der Waals surface area (Å²) in [6, 6.07) is 9.79. The lowest BCUT2D eigenvalue weighted by Crippen LogP contribution is -2.42. The van der Waals surface area contributed by atoms with Crippen LogP contribution in [0.4, 0.5) is 0 Å². The fourth-order valence-corrected chi connectivity index (χ4v) is 4.89. The van der Waals surface area contributed by atoms with Gasteiger partial charge in [0, 0.05) is 12.6 Å². The molecule has 1 fully saturated rings. The Bertz CT molecular complexity index is 522. The topological polar surface area (TPSA) is 49.4 Å². The predicted octanol–water partition coefficient (Wildman–Crippen LogP) is 2.23. The summed E-state index contributed by atoms with van der Waals surface area (Å²) in [7, 11) is -3.23. The van der Waals surface area contributed by atoms with Crippen molar-refractivity contribution in [3.63, 3.8) is 0 Å². The van der Waals surface area contributed by atoms with Gasteiger partial charge in [0.1, 0.15) is 0 Å². The highest BCUT2D eigenvalue weighted by Gasteiger charge is 2.29. The molecule has 1 saturated heterocycles. The zero-order valence-corrected chi connectivity index (χ0v) is 13.8. The van der Waals surface area contributed by atoms with Gasteiger partial charge in [0.2, 0.25) is 10.0 Å². The van der Waals surface area contributed by atoms with Gasteiger partial charge in [-0.2, -0.15) is 4.31 Å². The minimum Gasteiger partial charge on any atom is -0.316 e. The number of nitrogens with one attached hydrogen (secondary N) is 1. The van der Waals surface area contributed by atoms with Gasteiger partial charge < -0.3 is 5.32 Å². The SMILES string of the molecule is CC(C)N(Cc1ccccc1)S(=O)(=O)CC1CCCNC1. The van der Waals surface area contributed by atoms with Crippen molar-refractivity contribution in [3.8, 4) is 0 Å². The summed E-state index contributed by atoms with van der Waals surface area (Å²) in [6.45, 7) is 6.17. The van der Waals surface area contributed by atoms with Gasteiger partial charge in [-0.1, -0.05) is 30.3 Å². The van der Waals surface area contributed by atoms with Crippen molar-refractivity contribution in [1.29, 1.82) is 0 Å². The molecule has 1 aliphatic rings. The minimum absolute atomic E-state index is 0.0215. The second kappa shape index (κ2) is 7.38. The first-order valence-electron chi connectivity index (χ1n) is 7.73. The molecule has 0 spiro atoms. The molecule has 5 heteroatoms. The van der Waals surface area contributed by atoms with Crippen LogP contribution in [-0.2, 0) is 16.6 Å². The molecule has 0 amide bonds. The molecular weight excluding hydrogens is 284 g/mol. The minimum atomic E-state index is -3.23. The lowest BCUT2D eigenvalue weighted by atomic mass is 10.0. The van der Waals surface area contributed by atoms with E-state index < -0.39 is 10.0 Å². The maximum absolute atomic E-state index is 12.7. The zero-order valence-electron chi connectivity index (χ0n) is 13.0. The van der Waals surface area contributed by atoms with E-state index in [-0.39, 0.29) is 17.7 Å². The molecule has 1 N–H and O–H groups in total. The first-order chi connectivity index (χ1) is 9.99. The van der Waals surface area contributed by atoms with Crippen LogP contribution < -0.4 is 5.32 Å². The maximum atomic E-state index is 12.7. The van der Waals surface area contributed by atoms with Crippen molar-refractivity contribution < 1.29 is 8.42 Å². The van der Waals surface area contributed by atoms with Crippen LogP contribution in [0.5, 0.6) is 0 Å². The Balaban J connectivity index is 2.08. The molecule has 1 aliphatic heterocycles. The van der Waals surface area contributed by atoms with Gasteiger partial charge >= 0.3 is 0 Å². The molecule has 1 unspecified atom stereocenters. The second-order valence-corrected chi connectivity index (χ2v) is 8.08. The van der Waals surface area contributed by atoms with Crippen LogP contribution in [0.25, 0.3) is 0 Å². The molecule has 4 nitrogen and oxygen atoms in total.